The molecule has 0 bridgehead atoms. The van der Waals surface area contributed by atoms with Crippen molar-refractivity contribution >= 4 is 29.0 Å². The van der Waals surface area contributed by atoms with E-state index in [0.29, 0.717) is 34.5 Å². The first-order valence-corrected chi connectivity index (χ1v) is 8.79. The molecule has 0 aliphatic carbocycles. The quantitative estimate of drug-likeness (QED) is 0.599. The number of furan rings is 1. The number of hydrogen-bond donors (Lipinski definition) is 3. The zero-order valence-corrected chi connectivity index (χ0v) is 15.9. The summed E-state index contributed by atoms with van der Waals surface area (Å²) in [5, 5.41) is 9.24. The maximum atomic E-state index is 12.4. The van der Waals surface area contributed by atoms with Crippen molar-refractivity contribution in [3.05, 3.63) is 59.2 Å². The first kappa shape index (κ1) is 18.4. The highest BCUT2D eigenvalue weighted by molar-refractivity contribution is 6.05. The van der Waals surface area contributed by atoms with E-state index in [1.54, 1.807) is 13.0 Å². The molecule has 0 atom stereocenters. The Bertz CT molecular complexity index is 948. The Morgan fingerprint density at radius 1 is 1.04 bits per heavy atom. The van der Waals surface area contributed by atoms with Gasteiger partial charge in [-0.25, -0.2) is 4.98 Å². The minimum atomic E-state index is -0.188. The Morgan fingerprint density at radius 3 is 2.37 bits per heavy atom. The predicted octanol–water partition coefficient (Wildman–Crippen LogP) is 4.42. The highest BCUT2D eigenvalue weighted by Gasteiger charge is 2.13. The molecule has 0 unspecified atom stereocenters. The van der Waals surface area contributed by atoms with Crippen LogP contribution in [0.25, 0.3) is 0 Å². The van der Waals surface area contributed by atoms with Gasteiger partial charge >= 0.3 is 0 Å². The van der Waals surface area contributed by atoms with Gasteiger partial charge in [-0.05, 0) is 58.0 Å². The molecule has 0 aliphatic rings. The van der Waals surface area contributed by atoms with Crippen molar-refractivity contribution in [3.8, 4) is 0 Å². The van der Waals surface area contributed by atoms with Gasteiger partial charge in [0.25, 0.3) is 5.91 Å². The molecule has 0 spiro atoms. The summed E-state index contributed by atoms with van der Waals surface area (Å²) in [6, 6.07) is 11.0. The molecule has 140 valence electrons. The molecule has 0 saturated heterocycles. The van der Waals surface area contributed by atoms with Gasteiger partial charge in [-0.2, -0.15) is 4.98 Å². The van der Waals surface area contributed by atoms with Crippen LogP contribution in [0.1, 0.15) is 34.5 Å². The normalized spacial score (nSPS) is 10.5. The SMILES string of the molecule is CCNc1nc(C)cc(Nc2ccc(NC(=O)c3cc(C)oc3C)cc2)n1. The maximum absolute atomic E-state index is 12.4. The van der Waals surface area contributed by atoms with E-state index in [4.69, 9.17) is 4.42 Å². The summed E-state index contributed by atoms with van der Waals surface area (Å²) in [5.41, 5.74) is 2.99. The highest BCUT2D eigenvalue weighted by atomic mass is 16.3. The molecular weight excluding hydrogens is 342 g/mol. The second-order valence-corrected chi connectivity index (χ2v) is 6.23. The van der Waals surface area contributed by atoms with Crippen LogP contribution in [0, 0.1) is 20.8 Å². The summed E-state index contributed by atoms with van der Waals surface area (Å²) in [4.78, 5) is 21.1. The number of amides is 1. The van der Waals surface area contributed by atoms with Gasteiger partial charge in [0.2, 0.25) is 5.95 Å². The third-order valence-corrected chi connectivity index (χ3v) is 3.89. The van der Waals surface area contributed by atoms with Crippen LogP contribution in [0.4, 0.5) is 23.1 Å². The van der Waals surface area contributed by atoms with Crippen LogP contribution in [0.3, 0.4) is 0 Å². The van der Waals surface area contributed by atoms with Crippen molar-refractivity contribution in [2.24, 2.45) is 0 Å². The van der Waals surface area contributed by atoms with Crippen LogP contribution in [-0.4, -0.2) is 22.4 Å². The summed E-state index contributed by atoms with van der Waals surface area (Å²) in [7, 11) is 0. The zero-order chi connectivity index (χ0) is 19.4. The Labute approximate surface area is 158 Å². The summed E-state index contributed by atoms with van der Waals surface area (Å²) < 4.78 is 5.41. The molecule has 3 N–H and O–H groups in total. The van der Waals surface area contributed by atoms with Crippen molar-refractivity contribution < 1.29 is 9.21 Å². The van der Waals surface area contributed by atoms with Crippen molar-refractivity contribution in [2.45, 2.75) is 27.7 Å². The summed E-state index contributed by atoms with van der Waals surface area (Å²) in [6.07, 6.45) is 0. The molecule has 7 heteroatoms. The van der Waals surface area contributed by atoms with Crippen LogP contribution in [0.15, 0.2) is 40.8 Å². The van der Waals surface area contributed by atoms with Crippen LogP contribution < -0.4 is 16.0 Å². The monoisotopic (exact) mass is 365 g/mol. The fraction of sp³-hybridized carbons (Fsp3) is 0.250. The minimum Gasteiger partial charge on any atom is -0.466 e. The number of hydrogen-bond acceptors (Lipinski definition) is 6. The molecule has 3 rings (SSSR count). The minimum absolute atomic E-state index is 0.188. The largest absolute Gasteiger partial charge is 0.466 e. The smallest absolute Gasteiger partial charge is 0.259 e. The first-order chi connectivity index (χ1) is 12.9. The van der Waals surface area contributed by atoms with Crippen LogP contribution in [-0.2, 0) is 0 Å². The van der Waals surface area contributed by atoms with Gasteiger partial charge < -0.3 is 20.4 Å². The lowest BCUT2D eigenvalue weighted by atomic mass is 10.2. The van der Waals surface area contributed by atoms with E-state index >= 15 is 0 Å². The second-order valence-electron chi connectivity index (χ2n) is 6.23. The van der Waals surface area contributed by atoms with E-state index < -0.39 is 0 Å². The number of benzene rings is 1. The second kappa shape index (κ2) is 7.90. The fourth-order valence-electron chi connectivity index (χ4n) is 2.71. The maximum Gasteiger partial charge on any atom is 0.259 e. The molecule has 1 amide bonds. The lowest BCUT2D eigenvalue weighted by molar-refractivity contribution is 0.102. The summed E-state index contributed by atoms with van der Waals surface area (Å²) >= 11 is 0. The number of anilines is 4. The molecule has 0 saturated carbocycles. The molecule has 0 radical (unpaired) electrons. The fourth-order valence-corrected chi connectivity index (χ4v) is 2.71. The van der Waals surface area contributed by atoms with E-state index in [1.165, 1.54) is 0 Å². The van der Waals surface area contributed by atoms with Gasteiger partial charge in [-0.1, -0.05) is 0 Å². The van der Waals surface area contributed by atoms with Crippen LogP contribution in [0.2, 0.25) is 0 Å². The van der Waals surface area contributed by atoms with Crippen molar-refractivity contribution in [1.82, 2.24) is 9.97 Å². The number of aryl methyl sites for hydroxylation is 3. The summed E-state index contributed by atoms with van der Waals surface area (Å²) in [6.45, 7) is 8.28. The first-order valence-electron chi connectivity index (χ1n) is 8.79. The van der Waals surface area contributed by atoms with Gasteiger partial charge in [0.1, 0.15) is 17.3 Å². The van der Waals surface area contributed by atoms with E-state index in [-0.39, 0.29) is 5.91 Å². The lowest BCUT2D eigenvalue weighted by Gasteiger charge is -2.10. The molecular formula is C20H23N5O2. The van der Waals surface area contributed by atoms with Gasteiger partial charge in [-0.3, -0.25) is 4.79 Å². The van der Waals surface area contributed by atoms with Crippen LogP contribution >= 0.6 is 0 Å². The Morgan fingerprint density at radius 2 is 1.74 bits per heavy atom. The highest BCUT2D eigenvalue weighted by Crippen LogP contribution is 2.21. The van der Waals surface area contributed by atoms with Crippen molar-refractivity contribution in [3.63, 3.8) is 0 Å². The van der Waals surface area contributed by atoms with Crippen LogP contribution in [0.5, 0.6) is 0 Å². The topological polar surface area (TPSA) is 92.1 Å². The van der Waals surface area contributed by atoms with E-state index in [1.807, 2.05) is 51.1 Å². The third-order valence-electron chi connectivity index (χ3n) is 3.89. The van der Waals surface area contributed by atoms with E-state index in [0.717, 1.165) is 17.9 Å². The van der Waals surface area contributed by atoms with Crippen molar-refractivity contribution in [1.29, 1.82) is 0 Å². The number of nitrogens with one attached hydrogen (secondary N) is 3. The van der Waals surface area contributed by atoms with Crippen molar-refractivity contribution in [2.75, 3.05) is 22.5 Å². The molecule has 0 fully saturated rings. The average molecular weight is 365 g/mol. The Kier molecular flexibility index (Phi) is 5.40. The number of carbonyl (C=O) groups is 1. The number of aromatic nitrogens is 2. The molecule has 0 aliphatic heterocycles. The molecule has 2 heterocycles. The standard InChI is InChI=1S/C20H23N5O2/c1-5-21-20-22-12(2)10-18(25-20)23-15-6-8-16(9-7-15)24-19(26)17-11-13(3)27-14(17)4/h6-11H,5H2,1-4H3,(H,24,26)(H2,21,22,23,25). The van der Waals surface area contributed by atoms with E-state index in [9.17, 15) is 4.79 Å². The molecule has 7 nitrogen and oxygen atoms in total. The molecule has 3 aromatic rings. The number of carbonyl (C=O) groups excluding carboxylic acids is 1. The predicted molar refractivity (Wildman–Crippen MR) is 107 cm³/mol. The molecule has 2 aromatic heterocycles. The Balaban J connectivity index is 1.68. The van der Waals surface area contributed by atoms with Gasteiger partial charge in [0.15, 0.2) is 0 Å². The van der Waals surface area contributed by atoms with Gasteiger partial charge in [-0.15, -0.1) is 0 Å². The van der Waals surface area contributed by atoms with E-state index in [2.05, 4.69) is 25.9 Å². The zero-order valence-electron chi connectivity index (χ0n) is 15.9. The molecule has 1 aromatic carbocycles. The molecule has 27 heavy (non-hydrogen) atoms. The van der Waals surface area contributed by atoms with Gasteiger partial charge in [0.05, 0.1) is 5.56 Å². The number of nitrogens with zero attached hydrogens (tertiary/aromatic N) is 2. The summed E-state index contributed by atoms with van der Waals surface area (Å²) in [5.74, 6) is 2.44. The third kappa shape index (κ3) is 4.63. The Hall–Kier alpha value is -3.35. The number of rotatable bonds is 6. The van der Waals surface area contributed by atoms with Gasteiger partial charge in [0, 0.05) is 29.7 Å². The average Bonchev–Trinajstić information content (AvgIpc) is 2.95. The lowest BCUT2D eigenvalue weighted by Crippen LogP contribution is -2.12.